The van der Waals surface area contributed by atoms with Crippen LogP contribution in [-0.2, 0) is 0 Å². The number of para-hydroxylation sites is 1. The number of imidazole rings is 1. The molecular weight excluding hydrogens is 374 g/mol. The van der Waals surface area contributed by atoms with Gasteiger partial charge in [0.15, 0.2) is 0 Å². The molecule has 29 heavy (non-hydrogen) atoms. The van der Waals surface area contributed by atoms with Crippen molar-refractivity contribution >= 4 is 17.4 Å². The van der Waals surface area contributed by atoms with Gasteiger partial charge < -0.3 is 9.80 Å². The predicted octanol–water partition coefficient (Wildman–Crippen LogP) is 1.84. The van der Waals surface area contributed by atoms with Gasteiger partial charge in [-0.3, -0.25) is 19.5 Å². The minimum atomic E-state index is -0.523. The van der Waals surface area contributed by atoms with E-state index in [-0.39, 0.29) is 17.2 Å². The molecular formula is C19H19N7O3. The number of carbonyl (C=O) groups excluding carboxylic acids is 1. The minimum absolute atomic E-state index is 0.117. The number of anilines is 1. The molecule has 0 spiro atoms. The number of nitro groups is 1. The van der Waals surface area contributed by atoms with Crippen LogP contribution in [0.1, 0.15) is 16.2 Å². The first-order valence-electron chi connectivity index (χ1n) is 9.14. The van der Waals surface area contributed by atoms with Crippen LogP contribution < -0.4 is 4.90 Å². The molecule has 0 radical (unpaired) electrons. The molecule has 0 aliphatic carbocycles. The molecule has 10 heteroatoms. The van der Waals surface area contributed by atoms with Gasteiger partial charge in [-0.15, -0.1) is 0 Å². The van der Waals surface area contributed by atoms with E-state index < -0.39 is 4.92 Å². The van der Waals surface area contributed by atoms with Gasteiger partial charge in [0.05, 0.1) is 4.92 Å². The van der Waals surface area contributed by atoms with Crippen LogP contribution >= 0.6 is 0 Å². The predicted molar refractivity (Wildman–Crippen MR) is 105 cm³/mol. The Balaban J connectivity index is 1.49. The number of amides is 1. The van der Waals surface area contributed by atoms with Gasteiger partial charge in [0.2, 0.25) is 0 Å². The highest BCUT2D eigenvalue weighted by Gasteiger charge is 2.27. The third-order valence-electron chi connectivity index (χ3n) is 4.80. The lowest BCUT2D eigenvalue weighted by Gasteiger charge is -2.35. The normalized spacial score (nSPS) is 14.1. The average Bonchev–Trinajstić information content (AvgIpc) is 3.28. The van der Waals surface area contributed by atoms with Crippen molar-refractivity contribution in [3.8, 4) is 5.82 Å². The fourth-order valence-corrected chi connectivity index (χ4v) is 3.35. The topological polar surface area (TPSA) is 110 Å². The van der Waals surface area contributed by atoms with Crippen LogP contribution in [0.25, 0.3) is 5.82 Å². The van der Waals surface area contributed by atoms with E-state index in [2.05, 4.69) is 19.9 Å². The van der Waals surface area contributed by atoms with E-state index in [1.54, 1.807) is 29.6 Å². The van der Waals surface area contributed by atoms with E-state index in [9.17, 15) is 14.9 Å². The SMILES string of the molecule is Cc1nc(N2CCN(C(=O)c3ccccc3[N+](=O)[O-])CC2)cc(-n2ccnc2)n1. The van der Waals surface area contributed by atoms with Crippen LogP contribution in [0.15, 0.2) is 49.1 Å². The van der Waals surface area contributed by atoms with Crippen molar-refractivity contribution in [1.29, 1.82) is 0 Å². The second-order valence-electron chi connectivity index (χ2n) is 6.66. The Kier molecular flexibility index (Phi) is 4.90. The maximum atomic E-state index is 12.8. The second kappa shape index (κ2) is 7.66. The Labute approximate surface area is 166 Å². The monoisotopic (exact) mass is 393 g/mol. The van der Waals surface area contributed by atoms with E-state index in [0.717, 1.165) is 11.6 Å². The van der Waals surface area contributed by atoms with E-state index >= 15 is 0 Å². The Morgan fingerprint density at radius 1 is 1.10 bits per heavy atom. The number of carbonyl (C=O) groups is 1. The van der Waals surface area contributed by atoms with Gasteiger partial charge in [-0.25, -0.2) is 15.0 Å². The number of hydrogen-bond acceptors (Lipinski definition) is 7. The molecule has 2 aromatic heterocycles. The Morgan fingerprint density at radius 2 is 1.83 bits per heavy atom. The van der Waals surface area contributed by atoms with Crippen molar-refractivity contribution in [2.24, 2.45) is 0 Å². The van der Waals surface area contributed by atoms with Crippen LogP contribution in [0.5, 0.6) is 0 Å². The number of hydrogen-bond donors (Lipinski definition) is 0. The summed E-state index contributed by atoms with van der Waals surface area (Å²) in [4.78, 5) is 40.2. The summed E-state index contributed by atoms with van der Waals surface area (Å²) in [6, 6.07) is 7.93. The van der Waals surface area contributed by atoms with Crippen LogP contribution in [0.4, 0.5) is 11.5 Å². The third-order valence-corrected chi connectivity index (χ3v) is 4.80. The van der Waals surface area contributed by atoms with E-state index in [1.807, 2.05) is 23.8 Å². The van der Waals surface area contributed by atoms with Gasteiger partial charge >= 0.3 is 0 Å². The second-order valence-corrected chi connectivity index (χ2v) is 6.66. The summed E-state index contributed by atoms with van der Waals surface area (Å²) in [5.74, 6) is 1.82. The van der Waals surface area contributed by atoms with Gasteiger partial charge in [0.25, 0.3) is 11.6 Å². The first-order chi connectivity index (χ1) is 14.0. The first kappa shape index (κ1) is 18.5. The molecule has 3 heterocycles. The first-order valence-corrected chi connectivity index (χ1v) is 9.14. The van der Waals surface area contributed by atoms with Gasteiger partial charge in [0, 0.05) is 50.7 Å². The smallest absolute Gasteiger partial charge is 0.282 e. The molecule has 0 saturated carbocycles. The van der Waals surface area contributed by atoms with Crippen LogP contribution in [0.3, 0.4) is 0 Å². The van der Waals surface area contributed by atoms with Crippen molar-refractivity contribution in [1.82, 2.24) is 24.4 Å². The zero-order chi connectivity index (χ0) is 20.4. The number of aromatic nitrogens is 4. The van der Waals surface area contributed by atoms with E-state index in [1.165, 1.54) is 12.1 Å². The molecule has 0 N–H and O–H groups in total. The molecule has 0 bridgehead atoms. The lowest BCUT2D eigenvalue weighted by atomic mass is 10.1. The number of nitrogens with zero attached hydrogens (tertiary/aromatic N) is 7. The average molecular weight is 393 g/mol. The standard InChI is InChI=1S/C19H19N7O3/c1-14-21-17(12-18(22-14)25-7-6-20-13-25)23-8-10-24(11-9-23)19(27)15-4-2-3-5-16(15)26(28)29/h2-7,12-13H,8-11H2,1H3. The van der Waals surface area contributed by atoms with Crippen molar-refractivity contribution in [3.05, 3.63) is 70.6 Å². The Hall–Kier alpha value is -3.82. The zero-order valence-electron chi connectivity index (χ0n) is 15.8. The van der Waals surface area contributed by atoms with Crippen LogP contribution in [-0.4, -0.2) is 61.4 Å². The van der Waals surface area contributed by atoms with Crippen molar-refractivity contribution in [3.63, 3.8) is 0 Å². The summed E-state index contributed by atoms with van der Waals surface area (Å²) in [5.41, 5.74) is -0.0532. The maximum Gasteiger partial charge on any atom is 0.282 e. The van der Waals surface area contributed by atoms with Gasteiger partial charge in [-0.1, -0.05) is 12.1 Å². The molecule has 1 fully saturated rings. The molecule has 1 aliphatic heterocycles. The molecule has 3 aromatic rings. The van der Waals surface area contributed by atoms with Gasteiger partial charge in [0.1, 0.15) is 29.4 Å². The molecule has 0 atom stereocenters. The lowest BCUT2D eigenvalue weighted by molar-refractivity contribution is -0.385. The molecule has 148 valence electrons. The number of aryl methyl sites for hydroxylation is 1. The molecule has 10 nitrogen and oxygen atoms in total. The van der Waals surface area contributed by atoms with Gasteiger partial charge in [-0.05, 0) is 13.0 Å². The fraction of sp³-hybridized carbons (Fsp3) is 0.263. The van der Waals surface area contributed by atoms with Crippen LogP contribution in [0, 0.1) is 17.0 Å². The highest BCUT2D eigenvalue weighted by molar-refractivity contribution is 5.98. The molecule has 4 rings (SSSR count). The summed E-state index contributed by atoms with van der Waals surface area (Å²) in [6.45, 7) is 3.89. The van der Waals surface area contributed by atoms with Crippen molar-refractivity contribution in [2.45, 2.75) is 6.92 Å². The fourth-order valence-electron chi connectivity index (χ4n) is 3.35. The molecule has 1 saturated heterocycles. The zero-order valence-corrected chi connectivity index (χ0v) is 15.8. The van der Waals surface area contributed by atoms with Crippen molar-refractivity contribution in [2.75, 3.05) is 31.1 Å². The summed E-state index contributed by atoms with van der Waals surface area (Å²) < 4.78 is 1.81. The summed E-state index contributed by atoms with van der Waals surface area (Å²) in [5, 5.41) is 11.2. The molecule has 0 unspecified atom stereocenters. The lowest BCUT2D eigenvalue weighted by Crippen LogP contribution is -2.49. The Morgan fingerprint density at radius 3 is 2.52 bits per heavy atom. The Bertz CT molecular complexity index is 1040. The quantitative estimate of drug-likeness (QED) is 0.491. The highest BCUT2D eigenvalue weighted by atomic mass is 16.6. The van der Waals surface area contributed by atoms with Crippen molar-refractivity contribution < 1.29 is 9.72 Å². The number of piperazine rings is 1. The largest absolute Gasteiger partial charge is 0.353 e. The summed E-state index contributed by atoms with van der Waals surface area (Å²) in [6.07, 6.45) is 5.17. The molecule has 1 aromatic carbocycles. The maximum absolute atomic E-state index is 12.8. The molecule has 1 amide bonds. The highest BCUT2D eigenvalue weighted by Crippen LogP contribution is 2.22. The third kappa shape index (κ3) is 3.77. The molecule has 1 aliphatic rings. The van der Waals surface area contributed by atoms with E-state index in [0.29, 0.717) is 32.0 Å². The van der Waals surface area contributed by atoms with Crippen LogP contribution in [0.2, 0.25) is 0 Å². The number of benzene rings is 1. The number of rotatable bonds is 4. The van der Waals surface area contributed by atoms with E-state index in [4.69, 9.17) is 0 Å². The van der Waals surface area contributed by atoms with Gasteiger partial charge in [-0.2, -0.15) is 0 Å². The summed E-state index contributed by atoms with van der Waals surface area (Å²) in [7, 11) is 0. The summed E-state index contributed by atoms with van der Waals surface area (Å²) >= 11 is 0. The number of nitro benzene ring substituents is 1. The minimum Gasteiger partial charge on any atom is -0.353 e.